The highest BCUT2D eigenvalue weighted by Gasteiger charge is 2.20. The van der Waals surface area contributed by atoms with E-state index < -0.39 is 0 Å². The number of carbonyl (C=O) groups is 2. The number of nitrogens with one attached hydrogen (secondary N) is 3. The van der Waals surface area contributed by atoms with Crippen LogP contribution in [-0.2, 0) is 0 Å². The quantitative estimate of drug-likeness (QED) is 0.723. The van der Waals surface area contributed by atoms with Crippen LogP contribution in [0, 0.1) is 6.92 Å². The van der Waals surface area contributed by atoms with Gasteiger partial charge in [0.1, 0.15) is 0 Å². The molecule has 1 unspecified atom stereocenters. The molecule has 1 aliphatic heterocycles. The molecular weight excluding hydrogens is 387 g/mol. The lowest BCUT2D eigenvalue weighted by atomic mass is 10.0. The number of amides is 2. The van der Waals surface area contributed by atoms with Gasteiger partial charge in [-0.25, -0.2) is 0 Å². The first kappa shape index (κ1) is 22.9. The van der Waals surface area contributed by atoms with Gasteiger partial charge in [-0.15, -0.1) is 24.8 Å². The number of carbonyl (C=O) groups excluding carboxylic acids is 2. The number of para-hydroxylation sites is 1. The van der Waals surface area contributed by atoms with E-state index in [9.17, 15) is 9.59 Å². The Hall–Kier alpha value is -2.15. The highest BCUT2D eigenvalue weighted by molar-refractivity contribution is 6.09. The number of hydrogen-bond acceptors (Lipinski definition) is 4. The minimum atomic E-state index is -0.259. The van der Waals surface area contributed by atoms with Gasteiger partial charge >= 0.3 is 0 Å². The van der Waals surface area contributed by atoms with Crippen molar-refractivity contribution in [3.63, 3.8) is 0 Å². The lowest BCUT2D eigenvalue weighted by Gasteiger charge is -2.24. The summed E-state index contributed by atoms with van der Waals surface area (Å²) in [5.41, 5.74) is 2.37. The molecule has 0 spiro atoms. The van der Waals surface area contributed by atoms with E-state index in [1.165, 1.54) is 0 Å². The van der Waals surface area contributed by atoms with E-state index in [0.717, 1.165) is 31.5 Å². The third-order valence-electron chi connectivity index (χ3n) is 4.33. The number of halogens is 2. The number of aryl methyl sites for hydroxylation is 1. The molecule has 6 nitrogen and oxygen atoms in total. The van der Waals surface area contributed by atoms with Crippen LogP contribution >= 0.6 is 24.8 Å². The number of pyridine rings is 1. The first-order chi connectivity index (χ1) is 12.1. The normalized spacial score (nSPS) is 15.7. The van der Waals surface area contributed by atoms with Gasteiger partial charge in [0.25, 0.3) is 11.8 Å². The molecule has 3 rings (SSSR count). The average molecular weight is 411 g/mol. The van der Waals surface area contributed by atoms with Gasteiger partial charge in [-0.2, -0.15) is 0 Å². The Morgan fingerprint density at radius 3 is 2.52 bits per heavy atom. The van der Waals surface area contributed by atoms with Crippen molar-refractivity contribution in [3.8, 4) is 0 Å². The summed E-state index contributed by atoms with van der Waals surface area (Å²) < 4.78 is 0. The second-order valence-electron chi connectivity index (χ2n) is 6.20. The first-order valence-corrected chi connectivity index (χ1v) is 8.47. The summed E-state index contributed by atoms with van der Waals surface area (Å²) in [6.07, 6.45) is 5.14. The van der Waals surface area contributed by atoms with Crippen molar-refractivity contribution in [2.24, 2.45) is 0 Å². The van der Waals surface area contributed by atoms with Crippen molar-refractivity contribution in [3.05, 3.63) is 59.4 Å². The standard InChI is InChI=1S/C19H22N4O2.2ClH/c1-13-4-2-6-16(19(25)22-15-5-3-9-21-12-15)17(13)23-18(24)14-7-10-20-11-8-14;;/h2,4,6-8,10-11,15,21H,3,5,9,12H2,1H3,(H,22,25)(H,23,24);2*1H. The van der Waals surface area contributed by atoms with Crippen LogP contribution in [0.25, 0.3) is 0 Å². The van der Waals surface area contributed by atoms with Crippen LogP contribution in [0.1, 0.15) is 39.1 Å². The van der Waals surface area contributed by atoms with Crippen molar-refractivity contribution in [2.45, 2.75) is 25.8 Å². The maximum absolute atomic E-state index is 12.7. The van der Waals surface area contributed by atoms with Crippen molar-refractivity contribution >= 4 is 42.3 Å². The highest BCUT2D eigenvalue weighted by atomic mass is 35.5. The van der Waals surface area contributed by atoms with E-state index in [2.05, 4.69) is 20.9 Å². The molecule has 1 fully saturated rings. The van der Waals surface area contributed by atoms with E-state index >= 15 is 0 Å². The summed E-state index contributed by atoms with van der Waals surface area (Å²) >= 11 is 0. The molecule has 1 atom stereocenters. The highest BCUT2D eigenvalue weighted by Crippen LogP contribution is 2.22. The fourth-order valence-corrected chi connectivity index (χ4v) is 2.95. The van der Waals surface area contributed by atoms with Crippen LogP contribution in [0.2, 0.25) is 0 Å². The molecule has 0 saturated carbocycles. The Bertz CT molecular complexity index is 766. The third kappa shape index (κ3) is 5.92. The van der Waals surface area contributed by atoms with Gasteiger partial charge in [-0.05, 0) is 50.1 Å². The molecule has 2 amide bonds. The molecule has 1 aromatic heterocycles. The number of rotatable bonds is 4. The Kier molecular flexibility index (Phi) is 9.21. The van der Waals surface area contributed by atoms with Gasteiger partial charge in [0, 0.05) is 30.5 Å². The van der Waals surface area contributed by atoms with E-state index in [-0.39, 0.29) is 42.7 Å². The summed E-state index contributed by atoms with van der Waals surface area (Å²) in [5.74, 6) is -0.424. The van der Waals surface area contributed by atoms with Crippen molar-refractivity contribution in [1.82, 2.24) is 15.6 Å². The Balaban J connectivity index is 0.00000182. The summed E-state index contributed by atoms with van der Waals surface area (Å²) in [7, 11) is 0. The molecule has 1 aliphatic rings. The predicted octanol–water partition coefficient (Wildman–Crippen LogP) is 2.97. The summed E-state index contributed by atoms with van der Waals surface area (Å²) in [5, 5.41) is 9.20. The van der Waals surface area contributed by atoms with Crippen molar-refractivity contribution in [2.75, 3.05) is 18.4 Å². The summed E-state index contributed by atoms with van der Waals surface area (Å²) in [4.78, 5) is 29.1. The molecule has 0 bridgehead atoms. The van der Waals surface area contributed by atoms with Gasteiger partial charge in [0.2, 0.25) is 0 Å². The van der Waals surface area contributed by atoms with Crippen LogP contribution in [0.15, 0.2) is 42.7 Å². The third-order valence-corrected chi connectivity index (χ3v) is 4.33. The number of piperidine rings is 1. The Morgan fingerprint density at radius 2 is 1.85 bits per heavy atom. The second-order valence-corrected chi connectivity index (χ2v) is 6.20. The number of nitrogens with zero attached hydrogens (tertiary/aromatic N) is 1. The van der Waals surface area contributed by atoms with Crippen molar-refractivity contribution < 1.29 is 9.59 Å². The predicted molar refractivity (Wildman–Crippen MR) is 111 cm³/mol. The topological polar surface area (TPSA) is 83.1 Å². The molecule has 2 aromatic rings. The van der Waals surface area contributed by atoms with Gasteiger partial charge in [0.05, 0.1) is 11.3 Å². The lowest BCUT2D eigenvalue weighted by Crippen LogP contribution is -2.45. The Morgan fingerprint density at radius 1 is 1.11 bits per heavy atom. The molecule has 8 heteroatoms. The smallest absolute Gasteiger partial charge is 0.255 e. The van der Waals surface area contributed by atoms with Crippen LogP contribution in [0.4, 0.5) is 5.69 Å². The van der Waals surface area contributed by atoms with Crippen LogP contribution < -0.4 is 16.0 Å². The fraction of sp³-hybridized carbons (Fsp3) is 0.316. The molecule has 0 radical (unpaired) electrons. The zero-order valence-electron chi connectivity index (χ0n) is 15.0. The van der Waals surface area contributed by atoms with Gasteiger partial charge < -0.3 is 16.0 Å². The van der Waals surface area contributed by atoms with Crippen LogP contribution in [0.3, 0.4) is 0 Å². The SMILES string of the molecule is Cc1cccc(C(=O)NC2CCCNC2)c1NC(=O)c1ccncc1.Cl.Cl. The second kappa shape index (κ2) is 10.9. The molecule has 27 heavy (non-hydrogen) atoms. The van der Waals surface area contributed by atoms with E-state index in [4.69, 9.17) is 0 Å². The van der Waals surface area contributed by atoms with Crippen LogP contribution in [0.5, 0.6) is 0 Å². The monoisotopic (exact) mass is 410 g/mol. The van der Waals surface area contributed by atoms with Gasteiger partial charge in [0.15, 0.2) is 0 Å². The molecular formula is C19H24Cl2N4O2. The van der Waals surface area contributed by atoms with Crippen LogP contribution in [-0.4, -0.2) is 35.9 Å². The van der Waals surface area contributed by atoms with E-state index in [0.29, 0.717) is 16.8 Å². The molecule has 1 saturated heterocycles. The van der Waals surface area contributed by atoms with Crippen molar-refractivity contribution in [1.29, 1.82) is 0 Å². The summed E-state index contributed by atoms with van der Waals surface area (Å²) in [6.45, 7) is 3.64. The minimum Gasteiger partial charge on any atom is -0.348 e. The molecule has 3 N–H and O–H groups in total. The maximum Gasteiger partial charge on any atom is 0.255 e. The molecule has 146 valence electrons. The summed E-state index contributed by atoms with van der Waals surface area (Å²) in [6, 6.07) is 8.83. The number of benzene rings is 1. The van der Waals surface area contributed by atoms with Gasteiger partial charge in [-0.3, -0.25) is 14.6 Å². The average Bonchev–Trinajstić information content (AvgIpc) is 2.64. The Labute approximate surface area is 171 Å². The maximum atomic E-state index is 12.7. The largest absolute Gasteiger partial charge is 0.348 e. The van der Waals surface area contributed by atoms with E-state index in [1.54, 1.807) is 30.6 Å². The minimum absolute atomic E-state index is 0. The first-order valence-electron chi connectivity index (χ1n) is 8.47. The fourth-order valence-electron chi connectivity index (χ4n) is 2.95. The molecule has 2 heterocycles. The number of anilines is 1. The zero-order valence-corrected chi connectivity index (χ0v) is 16.7. The molecule has 0 aliphatic carbocycles. The number of hydrogen-bond donors (Lipinski definition) is 3. The molecule has 1 aromatic carbocycles. The zero-order chi connectivity index (χ0) is 17.6. The lowest BCUT2D eigenvalue weighted by molar-refractivity contribution is 0.0931. The number of aromatic nitrogens is 1. The van der Waals surface area contributed by atoms with E-state index in [1.807, 2.05) is 19.1 Å². The van der Waals surface area contributed by atoms with Gasteiger partial charge in [-0.1, -0.05) is 12.1 Å².